The van der Waals surface area contributed by atoms with Crippen molar-refractivity contribution in [3.8, 4) is 5.75 Å². The van der Waals surface area contributed by atoms with E-state index in [4.69, 9.17) is 9.47 Å². The number of carboxylic acid groups (broad SMARTS) is 1. The van der Waals surface area contributed by atoms with Gasteiger partial charge >= 0.3 is 5.97 Å². The molecule has 0 bridgehead atoms. The smallest absolute Gasteiger partial charge is 0.358 e. The highest BCUT2D eigenvalue weighted by Gasteiger charge is 2.41. The van der Waals surface area contributed by atoms with Crippen molar-refractivity contribution in [2.24, 2.45) is 0 Å². The number of pyridine rings is 1. The van der Waals surface area contributed by atoms with Gasteiger partial charge in [-0.2, -0.15) is 0 Å². The summed E-state index contributed by atoms with van der Waals surface area (Å²) < 4.78 is 11.9. The Kier molecular flexibility index (Phi) is 3.85. The summed E-state index contributed by atoms with van der Waals surface area (Å²) in [6.07, 6.45) is 6.25. The van der Waals surface area contributed by atoms with Crippen LogP contribution in [0.4, 0.5) is 0 Å². The van der Waals surface area contributed by atoms with Gasteiger partial charge in [-0.25, -0.2) is 9.78 Å². The number of carbonyl (C=O) groups is 1. The van der Waals surface area contributed by atoms with E-state index in [0.29, 0.717) is 18.1 Å². The summed E-state index contributed by atoms with van der Waals surface area (Å²) in [5.74, 6) is -0.676. The molecule has 2 aliphatic rings. The predicted molar refractivity (Wildman–Crippen MR) is 76.7 cm³/mol. The van der Waals surface area contributed by atoms with Gasteiger partial charge < -0.3 is 14.6 Å². The number of aryl methyl sites for hydroxylation is 1. The predicted octanol–water partition coefficient (Wildman–Crippen LogP) is 2.96. The summed E-state index contributed by atoms with van der Waals surface area (Å²) in [6.45, 7) is 2.46. The second-order valence-electron chi connectivity index (χ2n) is 6.08. The van der Waals surface area contributed by atoms with Crippen LogP contribution in [0.2, 0.25) is 0 Å². The topological polar surface area (TPSA) is 68.7 Å². The van der Waals surface area contributed by atoms with Crippen molar-refractivity contribution in [2.75, 3.05) is 6.61 Å². The van der Waals surface area contributed by atoms with Crippen LogP contribution >= 0.6 is 0 Å². The lowest BCUT2D eigenvalue weighted by Gasteiger charge is -2.38. The van der Waals surface area contributed by atoms with Crippen LogP contribution in [0.25, 0.3) is 0 Å². The molecule has 5 nitrogen and oxygen atoms in total. The van der Waals surface area contributed by atoms with Crippen molar-refractivity contribution >= 4 is 5.97 Å². The van der Waals surface area contributed by atoms with Crippen molar-refractivity contribution in [3.63, 3.8) is 0 Å². The van der Waals surface area contributed by atoms with Gasteiger partial charge in [0.05, 0.1) is 12.2 Å². The fraction of sp³-hybridized carbons (Fsp3) is 0.625. The number of hydrogen-bond donors (Lipinski definition) is 1. The van der Waals surface area contributed by atoms with Crippen LogP contribution < -0.4 is 4.74 Å². The Hall–Kier alpha value is -1.62. The fourth-order valence-electron chi connectivity index (χ4n) is 3.42. The fourth-order valence-corrected chi connectivity index (χ4v) is 3.42. The van der Waals surface area contributed by atoms with Crippen LogP contribution in [-0.2, 0) is 4.74 Å². The molecule has 1 aliphatic heterocycles. The molecule has 1 saturated heterocycles. The van der Waals surface area contributed by atoms with E-state index in [2.05, 4.69) is 4.98 Å². The molecular formula is C16H21NO4. The first-order valence-corrected chi connectivity index (χ1v) is 7.60. The highest BCUT2D eigenvalue weighted by molar-refractivity contribution is 5.88. The average Bonchev–Trinajstić information content (AvgIpc) is 2.88. The Bertz CT molecular complexity index is 537. The van der Waals surface area contributed by atoms with Crippen LogP contribution in [0.5, 0.6) is 5.75 Å². The quantitative estimate of drug-likeness (QED) is 0.927. The maximum atomic E-state index is 11.3. The van der Waals surface area contributed by atoms with E-state index in [1.54, 1.807) is 19.1 Å². The lowest BCUT2D eigenvalue weighted by atomic mass is 9.90. The Morgan fingerprint density at radius 1 is 1.43 bits per heavy atom. The largest absolute Gasteiger partial charge is 0.488 e. The van der Waals surface area contributed by atoms with Crippen molar-refractivity contribution < 1.29 is 19.4 Å². The monoisotopic (exact) mass is 291 g/mol. The number of nitrogens with zero attached hydrogens (tertiary/aromatic N) is 1. The first kappa shape index (κ1) is 14.3. The third kappa shape index (κ3) is 3.02. The van der Waals surface area contributed by atoms with Gasteiger partial charge in [0.25, 0.3) is 0 Å². The van der Waals surface area contributed by atoms with E-state index in [0.717, 1.165) is 25.7 Å². The van der Waals surface area contributed by atoms with E-state index in [1.807, 2.05) is 0 Å². The number of carboxylic acids is 1. The van der Waals surface area contributed by atoms with E-state index in [1.165, 1.54) is 12.8 Å². The Morgan fingerprint density at radius 2 is 2.19 bits per heavy atom. The Balaban J connectivity index is 1.75. The van der Waals surface area contributed by atoms with Crippen molar-refractivity contribution in [2.45, 2.75) is 57.2 Å². The minimum absolute atomic E-state index is 0.00182. The molecule has 2 fully saturated rings. The van der Waals surface area contributed by atoms with E-state index >= 15 is 0 Å². The molecule has 1 aromatic rings. The van der Waals surface area contributed by atoms with Crippen molar-refractivity contribution in [1.82, 2.24) is 4.98 Å². The van der Waals surface area contributed by atoms with Gasteiger partial charge in [-0.1, -0.05) is 12.8 Å². The maximum absolute atomic E-state index is 11.3. The molecule has 5 heteroatoms. The van der Waals surface area contributed by atoms with Gasteiger partial charge in [0.2, 0.25) is 0 Å². The molecule has 0 amide bonds. The summed E-state index contributed by atoms with van der Waals surface area (Å²) in [4.78, 5) is 15.4. The van der Waals surface area contributed by atoms with Gasteiger partial charge in [-0.15, -0.1) is 0 Å². The molecular weight excluding hydrogens is 270 g/mol. The summed E-state index contributed by atoms with van der Waals surface area (Å²) in [7, 11) is 0. The first-order valence-electron chi connectivity index (χ1n) is 7.60. The lowest BCUT2D eigenvalue weighted by Crippen LogP contribution is -2.41. The normalized spacial score (nSPS) is 24.1. The van der Waals surface area contributed by atoms with E-state index in [-0.39, 0.29) is 17.4 Å². The summed E-state index contributed by atoms with van der Waals surface area (Å²) in [5.41, 5.74) is 0.644. The molecule has 1 atom stereocenters. The first-order chi connectivity index (χ1) is 10.1. The van der Waals surface area contributed by atoms with Crippen LogP contribution in [0.3, 0.4) is 0 Å². The Morgan fingerprint density at radius 3 is 2.90 bits per heavy atom. The SMILES string of the molecule is Cc1ccc(OC2CCOC3(CCCC3)C2)c(C(=O)O)n1. The molecule has 114 valence electrons. The zero-order valence-corrected chi connectivity index (χ0v) is 12.3. The minimum atomic E-state index is -1.05. The zero-order chi connectivity index (χ0) is 14.9. The number of aromatic nitrogens is 1. The van der Waals surface area contributed by atoms with Gasteiger partial charge in [0, 0.05) is 18.5 Å². The van der Waals surface area contributed by atoms with Gasteiger partial charge in [0.15, 0.2) is 11.4 Å². The molecule has 2 heterocycles. The number of hydrogen-bond acceptors (Lipinski definition) is 4. The van der Waals surface area contributed by atoms with Crippen LogP contribution in [0.1, 0.15) is 54.7 Å². The highest BCUT2D eigenvalue weighted by atomic mass is 16.5. The number of rotatable bonds is 3. The molecule has 0 radical (unpaired) electrons. The second kappa shape index (κ2) is 5.64. The lowest BCUT2D eigenvalue weighted by molar-refractivity contribution is -0.108. The van der Waals surface area contributed by atoms with Crippen LogP contribution in [0.15, 0.2) is 12.1 Å². The number of ether oxygens (including phenoxy) is 2. The van der Waals surface area contributed by atoms with Crippen LogP contribution in [0, 0.1) is 6.92 Å². The number of aromatic carboxylic acids is 1. The van der Waals surface area contributed by atoms with E-state index < -0.39 is 5.97 Å². The van der Waals surface area contributed by atoms with Gasteiger partial charge in [-0.3, -0.25) is 0 Å². The molecule has 1 N–H and O–H groups in total. The molecule has 1 aromatic heterocycles. The molecule has 0 aromatic carbocycles. The molecule has 1 spiro atoms. The summed E-state index contributed by atoms with van der Waals surface area (Å²) in [6, 6.07) is 3.50. The van der Waals surface area contributed by atoms with Gasteiger partial charge in [0.1, 0.15) is 6.10 Å². The van der Waals surface area contributed by atoms with Gasteiger partial charge in [-0.05, 0) is 31.9 Å². The van der Waals surface area contributed by atoms with Crippen molar-refractivity contribution in [3.05, 3.63) is 23.5 Å². The standard InChI is InChI=1S/C16H21NO4/c1-11-4-5-13(14(17-11)15(18)19)21-12-6-9-20-16(10-12)7-2-3-8-16/h4-5,12H,2-3,6-10H2,1H3,(H,18,19). The Labute approximate surface area is 124 Å². The second-order valence-corrected chi connectivity index (χ2v) is 6.08. The third-order valence-electron chi connectivity index (χ3n) is 4.46. The summed E-state index contributed by atoms with van der Waals surface area (Å²) >= 11 is 0. The molecule has 1 unspecified atom stereocenters. The minimum Gasteiger partial charge on any atom is -0.488 e. The molecule has 21 heavy (non-hydrogen) atoms. The molecule has 1 saturated carbocycles. The molecule has 1 aliphatic carbocycles. The zero-order valence-electron chi connectivity index (χ0n) is 12.3. The third-order valence-corrected chi connectivity index (χ3v) is 4.46. The van der Waals surface area contributed by atoms with E-state index in [9.17, 15) is 9.90 Å². The maximum Gasteiger partial charge on any atom is 0.358 e. The van der Waals surface area contributed by atoms with Crippen LogP contribution in [-0.4, -0.2) is 34.4 Å². The summed E-state index contributed by atoms with van der Waals surface area (Å²) in [5, 5.41) is 9.26. The molecule has 3 rings (SSSR count). The average molecular weight is 291 g/mol. The van der Waals surface area contributed by atoms with Crippen molar-refractivity contribution in [1.29, 1.82) is 0 Å². The highest BCUT2D eigenvalue weighted by Crippen LogP contribution is 2.41.